The largest absolute Gasteiger partial charge is 0.378 e. The van der Waals surface area contributed by atoms with Crippen LogP contribution in [0.15, 0.2) is 24.4 Å². The van der Waals surface area contributed by atoms with Crippen molar-refractivity contribution in [2.45, 2.75) is 13.5 Å². The third kappa shape index (κ3) is 2.71. The quantitative estimate of drug-likeness (QED) is 0.902. The van der Waals surface area contributed by atoms with Crippen LogP contribution in [0.25, 0.3) is 0 Å². The SMILES string of the molecule is Cc1cc(F)ccc1NCc1ncc(Cl)s1. The highest BCUT2D eigenvalue weighted by Crippen LogP contribution is 2.21. The second kappa shape index (κ2) is 4.80. The molecule has 0 spiro atoms. The molecule has 0 radical (unpaired) electrons. The third-order valence-electron chi connectivity index (χ3n) is 2.14. The third-order valence-corrected chi connectivity index (χ3v) is 3.26. The van der Waals surface area contributed by atoms with Gasteiger partial charge in [-0.05, 0) is 30.7 Å². The lowest BCUT2D eigenvalue weighted by Gasteiger charge is -2.07. The Balaban J connectivity index is 2.04. The smallest absolute Gasteiger partial charge is 0.123 e. The Kier molecular flexibility index (Phi) is 3.41. The molecule has 0 aliphatic heterocycles. The molecule has 0 unspecified atom stereocenters. The van der Waals surface area contributed by atoms with Crippen LogP contribution in [0.3, 0.4) is 0 Å². The number of benzene rings is 1. The summed E-state index contributed by atoms with van der Waals surface area (Å²) < 4.78 is 13.5. The number of aryl methyl sites for hydroxylation is 1. The van der Waals surface area contributed by atoms with Crippen LogP contribution in [0.1, 0.15) is 10.6 Å². The zero-order valence-corrected chi connectivity index (χ0v) is 10.2. The maximum Gasteiger partial charge on any atom is 0.123 e. The van der Waals surface area contributed by atoms with Gasteiger partial charge in [-0.3, -0.25) is 0 Å². The highest BCUT2D eigenvalue weighted by molar-refractivity contribution is 7.15. The van der Waals surface area contributed by atoms with Crippen molar-refractivity contribution in [3.05, 3.63) is 45.1 Å². The molecule has 0 bridgehead atoms. The van der Waals surface area contributed by atoms with E-state index in [1.807, 2.05) is 6.92 Å². The first-order chi connectivity index (χ1) is 7.65. The van der Waals surface area contributed by atoms with Crippen molar-refractivity contribution < 1.29 is 4.39 Å². The van der Waals surface area contributed by atoms with Crippen molar-refractivity contribution >= 4 is 28.6 Å². The lowest BCUT2D eigenvalue weighted by molar-refractivity contribution is 0.627. The number of hydrogen-bond acceptors (Lipinski definition) is 3. The van der Waals surface area contributed by atoms with Crippen molar-refractivity contribution in [1.29, 1.82) is 0 Å². The van der Waals surface area contributed by atoms with E-state index >= 15 is 0 Å². The molecule has 1 aromatic heterocycles. The van der Waals surface area contributed by atoms with Crippen molar-refractivity contribution in [2.24, 2.45) is 0 Å². The minimum absolute atomic E-state index is 0.222. The number of halogens is 2. The van der Waals surface area contributed by atoms with Crippen LogP contribution >= 0.6 is 22.9 Å². The van der Waals surface area contributed by atoms with Gasteiger partial charge in [0.05, 0.1) is 12.7 Å². The molecule has 0 fully saturated rings. The molecule has 0 saturated heterocycles. The first kappa shape index (κ1) is 11.4. The van der Waals surface area contributed by atoms with Gasteiger partial charge >= 0.3 is 0 Å². The summed E-state index contributed by atoms with van der Waals surface area (Å²) in [4.78, 5) is 4.13. The van der Waals surface area contributed by atoms with E-state index in [1.54, 1.807) is 12.3 Å². The minimum Gasteiger partial charge on any atom is -0.378 e. The van der Waals surface area contributed by atoms with Gasteiger partial charge in [0.1, 0.15) is 15.2 Å². The molecule has 5 heteroatoms. The maximum absolute atomic E-state index is 12.9. The van der Waals surface area contributed by atoms with Gasteiger partial charge in [-0.1, -0.05) is 11.6 Å². The Bertz CT molecular complexity index is 498. The normalized spacial score (nSPS) is 10.4. The van der Waals surface area contributed by atoms with E-state index in [9.17, 15) is 4.39 Å². The number of anilines is 1. The molecule has 2 nitrogen and oxygen atoms in total. The molecule has 1 heterocycles. The number of aromatic nitrogens is 1. The fourth-order valence-electron chi connectivity index (χ4n) is 1.37. The van der Waals surface area contributed by atoms with Crippen LogP contribution in [0.2, 0.25) is 4.34 Å². The molecular formula is C11H10ClFN2S. The monoisotopic (exact) mass is 256 g/mol. The Hall–Kier alpha value is -1.13. The van der Waals surface area contributed by atoms with Crippen molar-refractivity contribution in [2.75, 3.05) is 5.32 Å². The first-order valence-corrected chi connectivity index (χ1v) is 5.95. The topological polar surface area (TPSA) is 24.9 Å². The molecule has 0 atom stereocenters. The van der Waals surface area contributed by atoms with E-state index in [0.717, 1.165) is 16.3 Å². The van der Waals surface area contributed by atoms with E-state index < -0.39 is 0 Å². The van der Waals surface area contributed by atoms with Gasteiger partial charge in [0, 0.05) is 5.69 Å². The summed E-state index contributed by atoms with van der Waals surface area (Å²) in [5.41, 5.74) is 1.79. The highest BCUT2D eigenvalue weighted by atomic mass is 35.5. The Labute approximate surface area is 102 Å². The van der Waals surface area contributed by atoms with Gasteiger partial charge < -0.3 is 5.32 Å². The van der Waals surface area contributed by atoms with Crippen molar-refractivity contribution in [1.82, 2.24) is 4.98 Å². The van der Waals surface area contributed by atoms with E-state index in [0.29, 0.717) is 10.9 Å². The molecule has 0 amide bonds. The van der Waals surface area contributed by atoms with Gasteiger partial charge in [-0.15, -0.1) is 11.3 Å². The lowest BCUT2D eigenvalue weighted by atomic mass is 10.2. The summed E-state index contributed by atoms with van der Waals surface area (Å²) in [5, 5.41) is 4.10. The average molecular weight is 257 g/mol. The maximum atomic E-state index is 12.9. The zero-order chi connectivity index (χ0) is 11.5. The van der Waals surface area contributed by atoms with Crippen LogP contribution in [-0.4, -0.2) is 4.98 Å². The fourth-order valence-corrected chi connectivity index (χ4v) is 2.26. The van der Waals surface area contributed by atoms with Crippen molar-refractivity contribution in [3.8, 4) is 0 Å². The van der Waals surface area contributed by atoms with Gasteiger partial charge in [0.15, 0.2) is 0 Å². The molecule has 16 heavy (non-hydrogen) atoms. The van der Waals surface area contributed by atoms with Crippen molar-refractivity contribution in [3.63, 3.8) is 0 Å². The average Bonchev–Trinajstić information content (AvgIpc) is 2.63. The van der Waals surface area contributed by atoms with Gasteiger partial charge in [-0.2, -0.15) is 0 Å². The molecule has 1 N–H and O–H groups in total. The molecule has 0 saturated carbocycles. The molecule has 0 aliphatic carbocycles. The molecule has 2 rings (SSSR count). The molecular weight excluding hydrogens is 247 g/mol. The van der Waals surface area contributed by atoms with Crippen LogP contribution in [0.4, 0.5) is 10.1 Å². The Morgan fingerprint density at radius 2 is 2.31 bits per heavy atom. The molecule has 1 aromatic carbocycles. The predicted octanol–water partition coefficient (Wildman–Crippen LogP) is 3.86. The number of nitrogens with one attached hydrogen (secondary N) is 1. The standard InChI is InChI=1S/C11H10ClFN2S/c1-7-4-8(13)2-3-9(7)14-6-11-15-5-10(12)16-11/h2-5,14H,6H2,1H3. The van der Waals surface area contributed by atoms with Gasteiger partial charge in [0.2, 0.25) is 0 Å². The van der Waals surface area contributed by atoms with Crippen LogP contribution in [-0.2, 0) is 6.54 Å². The minimum atomic E-state index is -0.222. The van der Waals surface area contributed by atoms with E-state index in [4.69, 9.17) is 11.6 Å². The molecule has 0 aliphatic rings. The first-order valence-electron chi connectivity index (χ1n) is 4.75. The number of hydrogen-bond donors (Lipinski definition) is 1. The fraction of sp³-hybridized carbons (Fsp3) is 0.182. The van der Waals surface area contributed by atoms with Gasteiger partial charge in [0.25, 0.3) is 0 Å². The molecule has 2 aromatic rings. The summed E-state index contributed by atoms with van der Waals surface area (Å²) >= 11 is 7.21. The van der Waals surface area contributed by atoms with Crippen LogP contribution in [0, 0.1) is 12.7 Å². The second-order valence-corrected chi connectivity index (χ2v) is 5.12. The Morgan fingerprint density at radius 1 is 1.50 bits per heavy atom. The molecule has 84 valence electrons. The van der Waals surface area contributed by atoms with E-state index in [1.165, 1.54) is 23.5 Å². The summed E-state index contributed by atoms with van der Waals surface area (Å²) in [6, 6.07) is 4.65. The van der Waals surface area contributed by atoms with Gasteiger partial charge in [-0.25, -0.2) is 9.37 Å². The summed E-state index contributed by atoms with van der Waals surface area (Å²) in [5.74, 6) is -0.222. The summed E-state index contributed by atoms with van der Waals surface area (Å²) in [6.07, 6.45) is 1.63. The Morgan fingerprint density at radius 3 is 2.94 bits per heavy atom. The summed E-state index contributed by atoms with van der Waals surface area (Å²) in [7, 11) is 0. The van der Waals surface area contributed by atoms with Crippen LogP contribution in [0.5, 0.6) is 0 Å². The number of thiazole rings is 1. The highest BCUT2D eigenvalue weighted by Gasteiger charge is 2.02. The number of nitrogens with zero attached hydrogens (tertiary/aromatic N) is 1. The number of rotatable bonds is 3. The zero-order valence-electron chi connectivity index (χ0n) is 8.63. The second-order valence-electron chi connectivity index (χ2n) is 3.37. The lowest BCUT2D eigenvalue weighted by Crippen LogP contribution is -2.00. The summed E-state index contributed by atoms with van der Waals surface area (Å²) in [6.45, 7) is 2.46. The van der Waals surface area contributed by atoms with E-state index in [2.05, 4.69) is 10.3 Å². The predicted molar refractivity (Wildman–Crippen MR) is 65.6 cm³/mol. The van der Waals surface area contributed by atoms with E-state index in [-0.39, 0.29) is 5.82 Å². The van der Waals surface area contributed by atoms with Crippen LogP contribution < -0.4 is 5.32 Å².